The number of ether oxygens (including phenoxy) is 1. The first kappa shape index (κ1) is 20.3. The number of nitro groups is 2. The second-order valence-corrected chi connectivity index (χ2v) is 5.69. The first-order chi connectivity index (χ1) is 11.9. The molecule has 0 aliphatic rings. The van der Waals surface area contributed by atoms with E-state index in [0.717, 1.165) is 31.2 Å². The van der Waals surface area contributed by atoms with Gasteiger partial charge in [-0.25, -0.2) is 4.79 Å². The fourth-order valence-corrected chi connectivity index (χ4v) is 2.38. The molecule has 0 N–H and O–H groups in total. The van der Waals surface area contributed by atoms with Gasteiger partial charge in [-0.15, -0.1) is 0 Å². The first-order valence-electron chi connectivity index (χ1n) is 8.14. The molecule has 0 amide bonds. The topological polar surface area (TPSA) is 113 Å². The highest BCUT2D eigenvalue weighted by Gasteiger charge is 2.26. The van der Waals surface area contributed by atoms with Gasteiger partial charge in [-0.1, -0.05) is 51.3 Å². The fourth-order valence-electron chi connectivity index (χ4n) is 2.38. The summed E-state index contributed by atoms with van der Waals surface area (Å²) >= 11 is 0. The molecule has 0 aliphatic heterocycles. The maximum Gasteiger partial charge on any atom is 0.415 e. The van der Waals surface area contributed by atoms with Crippen molar-refractivity contribution < 1.29 is 19.4 Å². The number of rotatable bonds is 10. The molecule has 0 saturated carbocycles. The van der Waals surface area contributed by atoms with Crippen molar-refractivity contribution in [2.45, 2.75) is 45.4 Å². The Balaban J connectivity index is 2.94. The van der Waals surface area contributed by atoms with Crippen LogP contribution in [0.1, 0.15) is 51.0 Å². The molecule has 8 nitrogen and oxygen atoms in total. The molecule has 1 atom stereocenters. The Hall–Kier alpha value is -2.77. The first-order valence-corrected chi connectivity index (χ1v) is 8.14. The van der Waals surface area contributed by atoms with Crippen LogP contribution in [0.25, 0.3) is 0 Å². The van der Waals surface area contributed by atoms with Crippen molar-refractivity contribution in [3.8, 4) is 5.75 Å². The van der Waals surface area contributed by atoms with Crippen molar-refractivity contribution in [2.75, 3.05) is 6.54 Å². The normalized spacial score (nSPS) is 12.5. The van der Waals surface area contributed by atoms with Gasteiger partial charge in [0.05, 0.1) is 11.0 Å². The van der Waals surface area contributed by atoms with E-state index in [1.54, 1.807) is 18.2 Å². The Labute approximate surface area is 145 Å². The smallest absolute Gasteiger partial charge is 0.415 e. The number of nitrogens with zero attached hydrogens (tertiary/aromatic N) is 2. The highest BCUT2D eigenvalue weighted by atomic mass is 16.6. The fraction of sp³-hybridized carbons (Fsp3) is 0.471. The van der Waals surface area contributed by atoms with Gasteiger partial charge in [0.25, 0.3) is 0 Å². The lowest BCUT2D eigenvalue weighted by atomic mass is 9.94. The quantitative estimate of drug-likeness (QED) is 0.159. The molecule has 8 heteroatoms. The summed E-state index contributed by atoms with van der Waals surface area (Å²) < 4.78 is 5.16. The molecule has 0 spiro atoms. The Morgan fingerprint density at radius 1 is 1.24 bits per heavy atom. The van der Waals surface area contributed by atoms with Crippen molar-refractivity contribution in [3.05, 3.63) is 61.8 Å². The third kappa shape index (κ3) is 6.70. The van der Waals surface area contributed by atoms with Crippen LogP contribution in [0.4, 0.5) is 0 Å². The monoisotopic (exact) mass is 350 g/mol. The molecule has 0 fully saturated rings. The second-order valence-electron chi connectivity index (χ2n) is 5.69. The van der Waals surface area contributed by atoms with Crippen molar-refractivity contribution in [3.63, 3.8) is 0 Å². The lowest BCUT2D eigenvalue weighted by Gasteiger charge is -2.15. The van der Waals surface area contributed by atoms with E-state index >= 15 is 0 Å². The van der Waals surface area contributed by atoms with E-state index < -0.39 is 28.1 Å². The summed E-state index contributed by atoms with van der Waals surface area (Å²) in [6.07, 6.45) is 4.78. The molecule has 1 rings (SSSR count). The molecule has 0 aliphatic carbocycles. The van der Waals surface area contributed by atoms with Crippen LogP contribution in [-0.4, -0.2) is 22.4 Å². The van der Waals surface area contributed by atoms with Gasteiger partial charge >= 0.3 is 11.7 Å². The Kier molecular flexibility index (Phi) is 8.25. The van der Waals surface area contributed by atoms with Gasteiger partial charge in [0, 0.05) is 4.92 Å². The Morgan fingerprint density at radius 2 is 1.92 bits per heavy atom. The number of hydrogen-bond acceptors (Lipinski definition) is 6. The summed E-state index contributed by atoms with van der Waals surface area (Å²) in [6.45, 7) is 3.29. The number of benzene rings is 1. The van der Waals surface area contributed by atoms with Crippen LogP contribution in [0.15, 0.2) is 36.0 Å². The van der Waals surface area contributed by atoms with E-state index in [1.165, 1.54) is 0 Å². The zero-order valence-electron chi connectivity index (χ0n) is 14.3. The van der Waals surface area contributed by atoms with Crippen LogP contribution in [0.3, 0.4) is 0 Å². The lowest BCUT2D eigenvalue weighted by Crippen LogP contribution is -2.19. The van der Waals surface area contributed by atoms with Gasteiger partial charge < -0.3 is 4.74 Å². The number of carbonyl (C=O) groups is 1. The van der Waals surface area contributed by atoms with Gasteiger partial charge in [0.2, 0.25) is 6.54 Å². The standard InChI is InChI=1S/C17H22N2O6/c1-3-4-5-8-13(2)14-9-6-7-10-16(14)25-17(20)15(19(23)24)11-12-18(21)22/h6-7,9-11,13H,3-5,8,12H2,1-2H3. The lowest BCUT2D eigenvalue weighted by molar-refractivity contribution is -0.472. The number of hydrogen-bond donors (Lipinski definition) is 0. The number of unbranched alkanes of at least 4 members (excludes halogenated alkanes) is 2. The highest BCUT2D eigenvalue weighted by Crippen LogP contribution is 2.30. The average Bonchev–Trinajstić information content (AvgIpc) is 2.55. The SMILES string of the molecule is CCCCCC(C)c1ccccc1OC(=O)C(=CC[N+](=O)[O-])[N+](=O)[O-]. The highest BCUT2D eigenvalue weighted by molar-refractivity contribution is 5.87. The predicted molar refractivity (Wildman–Crippen MR) is 91.6 cm³/mol. The number of para-hydroxylation sites is 1. The molecular formula is C17H22N2O6. The van der Waals surface area contributed by atoms with Crippen LogP contribution < -0.4 is 4.74 Å². The van der Waals surface area contributed by atoms with Crippen LogP contribution in [0.2, 0.25) is 0 Å². The molecule has 1 unspecified atom stereocenters. The van der Waals surface area contributed by atoms with E-state index in [1.807, 2.05) is 13.0 Å². The van der Waals surface area contributed by atoms with E-state index in [2.05, 4.69) is 6.92 Å². The third-order valence-corrected chi connectivity index (χ3v) is 3.73. The van der Waals surface area contributed by atoms with Crippen LogP contribution >= 0.6 is 0 Å². The Bertz CT molecular complexity index is 656. The molecule has 1 aromatic rings. The van der Waals surface area contributed by atoms with E-state index in [-0.39, 0.29) is 11.7 Å². The average molecular weight is 350 g/mol. The van der Waals surface area contributed by atoms with Crippen molar-refractivity contribution >= 4 is 5.97 Å². The van der Waals surface area contributed by atoms with Gasteiger partial charge in [-0.3, -0.25) is 20.2 Å². The van der Waals surface area contributed by atoms with Crippen LogP contribution in [0.5, 0.6) is 5.75 Å². The zero-order valence-corrected chi connectivity index (χ0v) is 14.3. The van der Waals surface area contributed by atoms with E-state index in [9.17, 15) is 25.0 Å². The summed E-state index contributed by atoms with van der Waals surface area (Å²) in [7, 11) is 0. The summed E-state index contributed by atoms with van der Waals surface area (Å²) in [5.41, 5.74) is -0.158. The summed E-state index contributed by atoms with van der Waals surface area (Å²) in [5, 5.41) is 21.3. The van der Waals surface area contributed by atoms with Crippen LogP contribution in [-0.2, 0) is 4.79 Å². The van der Waals surface area contributed by atoms with E-state index in [4.69, 9.17) is 4.74 Å². The summed E-state index contributed by atoms with van der Waals surface area (Å²) in [6, 6.07) is 6.85. The minimum Gasteiger partial charge on any atom is -0.418 e. The van der Waals surface area contributed by atoms with Crippen molar-refractivity contribution in [1.82, 2.24) is 0 Å². The zero-order chi connectivity index (χ0) is 18.8. The molecule has 0 heterocycles. The molecule has 0 saturated heterocycles. The maximum absolute atomic E-state index is 12.0. The summed E-state index contributed by atoms with van der Waals surface area (Å²) in [5.74, 6) is -0.845. The Morgan fingerprint density at radius 3 is 2.52 bits per heavy atom. The van der Waals surface area contributed by atoms with Gasteiger partial charge in [-0.05, 0) is 24.0 Å². The van der Waals surface area contributed by atoms with Crippen molar-refractivity contribution in [2.24, 2.45) is 0 Å². The van der Waals surface area contributed by atoms with Gasteiger partial charge in [0.15, 0.2) is 0 Å². The third-order valence-electron chi connectivity index (χ3n) is 3.73. The van der Waals surface area contributed by atoms with Crippen LogP contribution in [0, 0.1) is 20.2 Å². The predicted octanol–water partition coefficient (Wildman–Crippen LogP) is 3.71. The molecule has 1 aromatic carbocycles. The summed E-state index contributed by atoms with van der Waals surface area (Å²) in [4.78, 5) is 31.6. The molecule has 25 heavy (non-hydrogen) atoms. The number of esters is 1. The molecule has 0 aromatic heterocycles. The van der Waals surface area contributed by atoms with Crippen molar-refractivity contribution in [1.29, 1.82) is 0 Å². The maximum atomic E-state index is 12.0. The largest absolute Gasteiger partial charge is 0.418 e. The molecule has 136 valence electrons. The van der Waals surface area contributed by atoms with E-state index in [0.29, 0.717) is 6.08 Å². The number of carbonyl (C=O) groups excluding carboxylic acids is 1. The second kappa shape index (κ2) is 10.2. The molecular weight excluding hydrogens is 328 g/mol. The minimum absolute atomic E-state index is 0.123. The molecule has 0 bridgehead atoms. The van der Waals surface area contributed by atoms with Gasteiger partial charge in [-0.2, -0.15) is 0 Å². The minimum atomic E-state index is -1.21. The molecule has 0 radical (unpaired) electrons. The van der Waals surface area contributed by atoms with Gasteiger partial charge in [0.1, 0.15) is 5.75 Å².